The Hall–Kier alpha value is -1.72. The molecule has 0 aromatic rings. The van der Waals surface area contributed by atoms with Crippen LogP contribution in [0.3, 0.4) is 0 Å². The minimum absolute atomic E-state index is 0.0560. The van der Waals surface area contributed by atoms with Gasteiger partial charge >= 0.3 is 11.9 Å². The number of ketones is 2. The lowest BCUT2D eigenvalue weighted by Crippen LogP contribution is -2.41. The highest BCUT2D eigenvalue weighted by Crippen LogP contribution is 2.42. The van der Waals surface area contributed by atoms with E-state index in [1.165, 1.54) is 0 Å². The summed E-state index contributed by atoms with van der Waals surface area (Å²) in [5.74, 6) is -2.19. The average Bonchev–Trinajstić information content (AvgIpc) is 2.34. The molecule has 0 aliphatic carbocycles. The predicted octanol–water partition coefficient (Wildman–Crippen LogP) is 2.69. The van der Waals surface area contributed by atoms with E-state index in [-0.39, 0.29) is 50.1 Å². The molecule has 0 spiro atoms. The lowest BCUT2D eigenvalue weighted by atomic mass is 9.65. The second kappa shape index (κ2) is 8.06. The smallest absolute Gasteiger partial charge is 0.309 e. The highest BCUT2D eigenvalue weighted by Gasteiger charge is 2.44. The highest BCUT2D eigenvalue weighted by atomic mass is 16.4. The van der Waals surface area contributed by atoms with Crippen LogP contribution >= 0.6 is 0 Å². The standard InChI is InChI=1S/C16H26O6/c1-15(2,16(3,4)14(21)22)10-12(18)9-8-11(17)6-5-7-13(19)20/h5-10H2,1-4H3,(H,19,20)(H,21,22). The van der Waals surface area contributed by atoms with Gasteiger partial charge in [-0.25, -0.2) is 0 Å². The summed E-state index contributed by atoms with van der Waals surface area (Å²) in [7, 11) is 0. The SMILES string of the molecule is CC(C)(CC(=O)CCC(=O)CCCC(=O)O)C(C)(C)C(=O)O. The molecule has 0 aliphatic rings. The van der Waals surface area contributed by atoms with E-state index < -0.39 is 22.8 Å². The zero-order valence-corrected chi connectivity index (χ0v) is 13.8. The first-order chi connectivity index (χ1) is 9.90. The molecule has 0 heterocycles. The molecule has 0 amide bonds. The van der Waals surface area contributed by atoms with Crippen molar-refractivity contribution in [2.24, 2.45) is 10.8 Å². The number of carbonyl (C=O) groups excluding carboxylic acids is 2. The summed E-state index contributed by atoms with van der Waals surface area (Å²) >= 11 is 0. The van der Waals surface area contributed by atoms with Crippen molar-refractivity contribution in [1.29, 1.82) is 0 Å². The third-order valence-electron chi connectivity index (χ3n) is 4.39. The molecule has 0 aromatic carbocycles. The van der Waals surface area contributed by atoms with Crippen molar-refractivity contribution in [3.05, 3.63) is 0 Å². The predicted molar refractivity (Wildman–Crippen MR) is 80.5 cm³/mol. The average molecular weight is 314 g/mol. The van der Waals surface area contributed by atoms with Crippen molar-refractivity contribution in [3.8, 4) is 0 Å². The van der Waals surface area contributed by atoms with Gasteiger partial charge in [-0.2, -0.15) is 0 Å². The molecular weight excluding hydrogens is 288 g/mol. The molecule has 0 rings (SSSR count). The van der Waals surface area contributed by atoms with Gasteiger partial charge in [0.25, 0.3) is 0 Å². The Morgan fingerprint density at radius 3 is 1.73 bits per heavy atom. The number of hydrogen-bond donors (Lipinski definition) is 2. The number of Topliss-reactive ketones (excluding diaryl/α,β-unsaturated/α-hetero) is 2. The zero-order valence-electron chi connectivity index (χ0n) is 13.8. The summed E-state index contributed by atoms with van der Waals surface area (Å²) in [5, 5.41) is 17.7. The number of carboxylic acid groups (broad SMARTS) is 2. The van der Waals surface area contributed by atoms with Crippen molar-refractivity contribution in [1.82, 2.24) is 0 Å². The van der Waals surface area contributed by atoms with Crippen LogP contribution in [0.2, 0.25) is 0 Å². The number of hydrogen-bond acceptors (Lipinski definition) is 4. The van der Waals surface area contributed by atoms with Crippen LogP contribution in [0, 0.1) is 10.8 Å². The molecule has 0 saturated carbocycles. The Kier molecular flexibility index (Phi) is 7.43. The van der Waals surface area contributed by atoms with E-state index in [2.05, 4.69) is 0 Å². The third-order valence-corrected chi connectivity index (χ3v) is 4.39. The van der Waals surface area contributed by atoms with Crippen molar-refractivity contribution in [2.45, 2.75) is 66.2 Å². The maximum absolute atomic E-state index is 12.0. The summed E-state index contributed by atoms with van der Waals surface area (Å²) in [4.78, 5) is 45.2. The van der Waals surface area contributed by atoms with E-state index in [0.29, 0.717) is 0 Å². The van der Waals surface area contributed by atoms with Gasteiger partial charge in [0.1, 0.15) is 11.6 Å². The van der Waals surface area contributed by atoms with Crippen molar-refractivity contribution in [3.63, 3.8) is 0 Å². The first-order valence-electron chi connectivity index (χ1n) is 7.39. The molecule has 0 radical (unpaired) electrons. The maximum atomic E-state index is 12.0. The van der Waals surface area contributed by atoms with Gasteiger partial charge in [-0.05, 0) is 25.7 Å². The fourth-order valence-electron chi connectivity index (χ4n) is 1.93. The summed E-state index contributed by atoms with van der Waals surface area (Å²) in [5.41, 5.74) is -1.77. The fourth-order valence-corrected chi connectivity index (χ4v) is 1.93. The van der Waals surface area contributed by atoms with Crippen LogP contribution in [0.4, 0.5) is 0 Å². The lowest BCUT2D eigenvalue weighted by molar-refractivity contribution is -0.155. The summed E-state index contributed by atoms with van der Waals surface area (Å²) in [6.07, 6.45) is 0.630. The molecule has 0 atom stereocenters. The fraction of sp³-hybridized carbons (Fsp3) is 0.750. The minimum Gasteiger partial charge on any atom is -0.481 e. The molecule has 0 aliphatic heterocycles. The van der Waals surface area contributed by atoms with Gasteiger partial charge in [0.15, 0.2) is 0 Å². The topological polar surface area (TPSA) is 109 Å². The second-order valence-corrected chi connectivity index (χ2v) is 6.82. The summed E-state index contributed by atoms with van der Waals surface area (Å²) < 4.78 is 0. The minimum atomic E-state index is -1.05. The lowest BCUT2D eigenvalue weighted by Gasteiger charge is -2.37. The van der Waals surface area contributed by atoms with E-state index in [0.717, 1.165) is 0 Å². The summed E-state index contributed by atoms with van der Waals surface area (Å²) in [6, 6.07) is 0. The van der Waals surface area contributed by atoms with Gasteiger partial charge in [-0.1, -0.05) is 13.8 Å². The molecule has 126 valence electrons. The quantitative estimate of drug-likeness (QED) is 0.607. The Morgan fingerprint density at radius 1 is 0.773 bits per heavy atom. The van der Waals surface area contributed by atoms with Crippen molar-refractivity contribution < 1.29 is 29.4 Å². The molecule has 6 nitrogen and oxygen atoms in total. The molecule has 0 bridgehead atoms. The number of rotatable bonds is 11. The van der Waals surface area contributed by atoms with Gasteiger partial charge in [0, 0.05) is 32.1 Å². The Bertz CT molecular complexity index is 448. The van der Waals surface area contributed by atoms with Crippen LogP contribution in [0.1, 0.15) is 66.2 Å². The van der Waals surface area contributed by atoms with Crippen LogP contribution in [0.25, 0.3) is 0 Å². The first-order valence-corrected chi connectivity index (χ1v) is 7.39. The monoisotopic (exact) mass is 314 g/mol. The van der Waals surface area contributed by atoms with Gasteiger partial charge in [-0.3, -0.25) is 19.2 Å². The molecular formula is C16H26O6. The third kappa shape index (κ3) is 6.37. The molecule has 0 saturated heterocycles. The van der Waals surface area contributed by atoms with Gasteiger partial charge in [-0.15, -0.1) is 0 Å². The van der Waals surface area contributed by atoms with E-state index in [4.69, 9.17) is 5.11 Å². The van der Waals surface area contributed by atoms with Gasteiger partial charge in [0.2, 0.25) is 0 Å². The Balaban J connectivity index is 4.32. The first kappa shape index (κ1) is 20.3. The van der Waals surface area contributed by atoms with E-state index in [9.17, 15) is 24.3 Å². The maximum Gasteiger partial charge on any atom is 0.309 e. The number of carboxylic acids is 2. The largest absolute Gasteiger partial charge is 0.481 e. The van der Waals surface area contributed by atoms with Gasteiger partial charge in [0.05, 0.1) is 5.41 Å². The number of carbonyl (C=O) groups is 4. The van der Waals surface area contributed by atoms with E-state index in [1.807, 2.05) is 0 Å². The van der Waals surface area contributed by atoms with E-state index in [1.54, 1.807) is 27.7 Å². The molecule has 0 fully saturated rings. The Morgan fingerprint density at radius 2 is 1.27 bits per heavy atom. The molecule has 2 N–H and O–H groups in total. The number of aliphatic carboxylic acids is 2. The van der Waals surface area contributed by atoms with Gasteiger partial charge < -0.3 is 10.2 Å². The van der Waals surface area contributed by atoms with Crippen molar-refractivity contribution in [2.75, 3.05) is 0 Å². The Labute approximate surface area is 130 Å². The molecule has 0 aromatic heterocycles. The van der Waals surface area contributed by atoms with Crippen molar-refractivity contribution >= 4 is 23.5 Å². The summed E-state index contributed by atoms with van der Waals surface area (Å²) in [6.45, 7) is 6.63. The van der Waals surface area contributed by atoms with Crippen LogP contribution in [0.15, 0.2) is 0 Å². The zero-order chi connectivity index (χ0) is 17.6. The molecule has 0 unspecified atom stereocenters. The van der Waals surface area contributed by atoms with Crippen LogP contribution in [0.5, 0.6) is 0 Å². The van der Waals surface area contributed by atoms with Crippen LogP contribution in [-0.2, 0) is 19.2 Å². The van der Waals surface area contributed by atoms with Crippen LogP contribution in [-0.4, -0.2) is 33.7 Å². The van der Waals surface area contributed by atoms with E-state index >= 15 is 0 Å². The highest BCUT2D eigenvalue weighted by molar-refractivity contribution is 5.87. The normalized spacial score (nSPS) is 12.0. The van der Waals surface area contributed by atoms with Crippen LogP contribution < -0.4 is 0 Å². The molecule has 22 heavy (non-hydrogen) atoms. The molecule has 6 heteroatoms. The second-order valence-electron chi connectivity index (χ2n) is 6.82.